The van der Waals surface area contributed by atoms with Crippen LogP contribution >= 0.6 is 11.8 Å². The predicted octanol–water partition coefficient (Wildman–Crippen LogP) is 2.27. The lowest BCUT2D eigenvalue weighted by molar-refractivity contribution is -0.129. The molecule has 0 saturated carbocycles. The Hall–Kier alpha value is -1.04. The van der Waals surface area contributed by atoms with Gasteiger partial charge in [0, 0.05) is 24.0 Å². The van der Waals surface area contributed by atoms with Gasteiger partial charge in [-0.05, 0) is 36.8 Å². The van der Waals surface area contributed by atoms with E-state index in [1.165, 1.54) is 4.90 Å². The van der Waals surface area contributed by atoms with Gasteiger partial charge in [-0.1, -0.05) is 12.1 Å². The Kier molecular flexibility index (Phi) is 4.83. The second-order valence-corrected chi connectivity index (χ2v) is 6.57. The van der Waals surface area contributed by atoms with Gasteiger partial charge in [-0.3, -0.25) is 10.1 Å². The third-order valence-electron chi connectivity index (χ3n) is 4.22. The largest absolute Gasteiger partial charge is 0.381 e. The van der Waals surface area contributed by atoms with Crippen LogP contribution in [0.2, 0.25) is 0 Å². The number of ether oxygens (including phenoxy) is 1. The number of benzene rings is 1. The number of nitrogens with zero attached hydrogens (tertiary/aromatic N) is 1. The summed E-state index contributed by atoms with van der Waals surface area (Å²) in [4.78, 5) is 15.4. The van der Waals surface area contributed by atoms with Crippen LogP contribution in [0.4, 0.5) is 0 Å². The fourth-order valence-electron chi connectivity index (χ4n) is 3.06. The van der Waals surface area contributed by atoms with Gasteiger partial charge in [0.05, 0.1) is 13.2 Å². The van der Waals surface area contributed by atoms with Crippen LogP contribution in [-0.4, -0.2) is 43.4 Å². The van der Waals surface area contributed by atoms with Gasteiger partial charge in [-0.15, -0.1) is 11.8 Å². The minimum absolute atomic E-state index is 0.00957. The van der Waals surface area contributed by atoms with Gasteiger partial charge in [0.1, 0.15) is 6.17 Å². The first kappa shape index (κ1) is 14.9. The highest BCUT2D eigenvalue weighted by Crippen LogP contribution is 2.27. The highest BCUT2D eigenvalue weighted by molar-refractivity contribution is 7.98. The van der Waals surface area contributed by atoms with E-state index in [1.807, 2.05) is 4.90 Å². The van der Waals surface area contributed by atoms with Crippen molar-refractivity contribution in [2.75, 3.05) is 32.6 Å². The summed E-state index contributed by atoms with van der Waals surface area (Å²) >= 11 is 1.73. The number of rotatable bonds is 4. The summed E-state index contributed by atoms with van der Waals surface area (Å²) in [7, 11) is 0. The summed E-state index contributed by atoms with van der Waals surface area (Å²) in [5.74, 6) is 0.662. The molecule has 0 radical (unpaired) electrons. The van der Waals surface area contributed by atoms with Crippen molar-refractivity contribution in [3.63, 3.8) is 0 Å². The Morgan fingerprint density at radius 2 is 2.19 bits per heavy atom. The molecule has 1 aromatic carbocycles. The highest BCUT2D eigenvalue weighted by atomic mass is 32.2. The maximum Gasteiger partial charge on any atom is 0.238 e. The molecular formula is C16H22N2O2S. The normalized spacial score (nSPS) is 26.3. The number of thioether (sulfide) groups is 1. The van der Waals surface area contributed by atoms with Gasteiger partial charge >= 0.3 is 0 Å². The minimum Gasteiger partial charge on any atom is -0.381 e. The molecule has 2 unspecified atom stereocenters. The van der Waals surface area contributed by atoms with E-state index in [9.17, 15) is 4.79 Å². The van der Waals surface area contributed by atoms with E-state index in [1.54, 1.807) is 11.8 Å². The van der Waals surface area contributed by atoms with Crippen LogP contribution in [0.3, 0.4) is 0 Å². The summed E-state index contributed by atoms with van der Waals surface area (Å²) in [6.07, 6.45) is 4.34. The average Bonchev–Trinajstić information content (AvgIpc) is 2.90. The van der Waals surface area contributed by atoms with E-state index in [2.05, 4.69) is 35.8 Å². The van der Waals surface area contributed by atoms with Crippen LogP contribution in [0.5, 0.6) is 0 Å². The maximum absolute atomic E-state index is 12.2. The molecule has 2 aliphatic rings. The fraction of sp³-hybridized carbons (Fsp3) is 0.562. The molecule has 1 N–H and O–H groups in total. The molecule has 114 valence electrons. The molecule has 21 heavy (non-hydrogen) atoms. The Morgan fingerprint density at radius 3 is 2.86 bits per heavy atom. The molecule has 1 aromatic rings. The summed E-state index contributed by atoms with van der Waals surface area (Å²) in [6, 6.07) is 8.47. The van der Waals surface area contributed by atoms with Crippen molar-refractivity contribution in [1.29, 1.82) is 0 Å². The molecule has 2 fully saturated rings. The summed E-state index contributed by atoms with van der Waals surface area (Å²) in [5.41, 5.74) is 1.16. The first-order valence-electron chi connectivity index (χ1n) is 7.52. The Morgan fingerprint density at radius 1 is 1.38 bits per heavy atom. The third kappa shape index (κ3) is 3.42. The molecule has 2 saturated heterocycles. The second kappa shape index (κ2) is 6.81. The zero-order valence-electron chi connectivity index (χ0n) is 12.4. The van der Waals surface area contributed by atoms with Crippen molar-refractivity contribution >= 4 is 17.7 Å². The molecule has 2 heterocycles. The van der Waals surface area contributed by atoms with E-state index in [0.717, 1.165) is 38.2 Å². The molecule has 2 aliphatic heterocycles. The predicted molar refractivity (Wildman–Crippen MR) is 84.2 cm³/mol. The molecule has 4 nitrogen and oxygen atoms in total. The smallest absolute Gasteiger partial charge is 0.238 e. The number of nitrogens with one attached hydrogen (secondary N) is 1. The average molecular weight is 306 g/mol. The van der Waals surface area contributed by atoms with Crippen molar-refractivity contribution in [2.24, 2.45) is 5.92 Å². The fourth-order valence-corrected chi connectivity index (χ4v) is 3.47. The molecule has 0 spiro atoms. The minimum atomic E-state index is 0.00957. The first-order valence-corrected chi connectivity index (χ1v) is 8.75. The van der Waals surface area contributed by atoms with E-state index in [0.29, 0.717) is 12.5 Å². The molecular weight excluding hydrogens is 284 g/mol. The van der Waals surface area contributed by atoms with Crippen molar-refractivity contribution in [1.82, 2.24) is 10.2 Å². The lowest BCUT2D eigenvalue weighted by Gasteiger charge is -2.31. The van der Waals surface area contributed by atoms with Gasteiger partial charge in [0.15, 0.2) is 0 Å². The van der Waals surface area contributed by atoms with Crippen molar-refractivity contribution in [3.05, 3.63) is 29.8 Å². The zero-order chi connectivity index (χ0) is 14.7. The molecule has 2 atom stereocenters. The lowest BCUT2D eigenvalue weighted by atomic mass is 10.0. The maximum atomic E-state index is 12.2. The lowest BCUT2D eigenvalue weighted by Crippen LogP contribution is -2.37. The van der Waals surface area contributed by atoms with Crippen LogP contribution in [0, 0.1) is 5.92 Å². The quantitative estimate of drug-likeness (QED) is 0.867. The Labute approximate surface area is 130 Å². The van der Waals surface area contributed by atoms with E-state index in [4.69, 9.17) is 4.74 Å². The van der Waals surface area contributed by atoms with Gasteiger partial charge < -0.3 is 9.64 Å². The van der Waals surface area contributed by atoms with Crippen molar-refractivity contribution < 1.29 is 9.53 Å². The summed E-state index contributed by atoms with van der Waals surface area (Å²) in [5, 5.41) is 3.33. The van der Waals surface area contributed by atoms with E-state index in [-0.39, 0.29) is 12.1 Å². The van der Waals surface area contributed by atoms with Gasteiger partial charge in [-0.25, -0.2) is 0 Å². The van der Waals surface area contributed by atoms with Crippen LogP contribution in [-0.2, 0) is 9.53 Å². The number of hydrogen-bond acceptors (Lipinski definition) is 4. The van der Waals surface area contributed by atoms with Gasteiger partial charge in [0.2, 0.25) is 5.91 Å². The molecule has 0 aliphatic carbocycles. The Bertz CT molecular complexity index is 486. The second-order valence-electron chi connectivity index (χ2n) is 5.69. The molecule has 0 bridgehead atoms. The molecule has 5 heteroatoms. The summed E-state index contributed by atoms with van der Waals surface area (Å²) < 4.78 is 5.54. The molecule has 0 aromatic heterocycles. The van der Waals surface area contributed by atoms with Crippen LogP contribution in [0.15, 0.2) is 29.2 Å². The number of carbonyl (C=O) groups excluding carboxylic acids is 1. The monoisotopic (exact) mass is 306 g/mol. The SMILES string of the molecule is CSc1ccc(C2NCC(=O)N2CC2CCCOC2)cc1. The van der Waals surface area contributed by atoms with Crippen molar-refractivity contribution in [2.45, 2.75) is 23.9 Å². The highest BCUT2D eigenvalue weighted by Gasteiger charge is 2.33. The number of carbonyl (C=O) groups is 1. The van der Waals surface area contributed by atoms with Crippen LogP contribution < -0.4 is 5.32 Å². The summed E-state index contributed by atoms with van der Waals surface area (Å²) in [6.45, 7) is 2.87. The number of hydrogen-bond donors (Lipinski definition) is 1. The van der Waals surface area contributed by atoms with Gasteiger partial charge in [0.25, 0.3) is 0 Å². The van der Waals surface area contributed by atoms with Gasteiger partial charge in [-0.2, -0.15) is 0 Å². The van der Waals surface area contributed by atoms with E-state index < -0.39 is 0 Å². The molecule has 3 rings (SSSR count). The standard InChI is InChI=1S/C16H22N2O2S/c1-21-14-6-4-13(5-7-14)16-17-9-15(19)18(16)10-12-3-2-8-20-11-12/h4-7,12,16-17H,2-3,8-11H2,1H3. The van der Waals surface area contributed by atoms with E-state index >= 15 is 0 Å². The first-order chi connectivity index (χ1) is 10.3. The zero-order valence-corrected chi connectivity index (χ0v) is 13.2. The number of amides is 1. The van der Waals surface area contributed by atoms with Crippen LogP contribution in [0.25, 0.3) is 0 Å². The molecule has 1 amide bonds. The van der Waals surface area contributed by atoms with Crippen LogP contribution in [0.1, 0.15) is 24.6 Å². The topological polar surface area (TPSA) is 41.6 Å². The van der Waals surface area contributed by atoms with Crippen molar-refractivity contribution in [3.8, 4) is 0 Å². The Balaban J connectivity index is 1.71. The third-order valence-corrected chi connectivity index (χ3v) is 4.96.